The first kappa shape index (κ1) is 17.5. The Bertz CT molecular complexity index is 795. The van der Waals surface area contributed by atoms with E-state index >= 15 is 0 Å². The number of aromatic nitrogens is 1. The Morgan fingerprint density at radius 3 is 2.68 bits per heavy atom. The molecule has 1 aliphatic heterocycles. The van der Waals surface area contributed by atoms with E-state index in [4.69, 9.17) is 16.3 Å². The first-order valence-electron chi connectivity index (χ1n) is 8.42. The highest BCUT2D eigenvalue weighted by atomic mass is 35.5. The lowest BCUT2D eigenvalue weighted by atomic mass is 10.1. The summed E-state index contributed by atoms with van der Waals surface area (Å²) < 4.78 is 7.33. The van der Waals surface area contributed by atoms with Crippen molar-refractivity contribution >= 4 is 23.4 Å². The number of unbranched alkanes of at least 4 members (excludes halogenated alkanes) is 1. The number of carbonyl (C=O) groups is 2. The zero-order valence-electron chi connectivity index (χ0n) is 14.0. The second-order valence-corrected chi connectivity index (χ2v) is 6.56. The summed E-state index contributed by atoms with van der Waals surface area (Å²) in [6.45, 7) is 3.23. The number of nitrogens with zero attached hydrogens (tertiary/aromatic N) is 1. The molecule has 0 fully saturated rings. The molecule has 3 rings (SSSR count). The minimum absolute atomic E-state index is 0.206. The number of fused-ring (bicyclic) bond motifs is 1. The van der Waals surface area contributed by atoms with Crippen LogP contribution < -0.4 is 4.74 Å². The van der Waals surface area contributed by atoms with Crippen LogP contribution in [0.1, 0.15) is 53.8 Å². The van der Waals surface area contributed by atoms with Crippen molar-refractivity contribution in [1.29, 1.82) is 0 Å². The molecular formula is C19H20ClNO4. The molecule has 1 unspecified atom stereocenters. The van der Waals surface area contributed by atoms with Crippen LogP contribution in [0, 0.1) is 0 Å². The van der Waals surface area contributed by atoms with Crippen LogP contribution in [0.15, 0.2) is 30.3 Å². The van der Waals surface area contributed by atoms with Gasteiger partial charge in [-0.2, -0.15) is 0 Å². The molecule has 2 aromatic rings. The summed E-state index contributed by atoms with van der Waals surface area (Å²) in [5, 5.41) is 9.58. The van der Waals surface area contributed by atoms with Gasteiger partial charge >= 0.3 is 5.97 Å². The maximum Gasteiger partial charge on any atom is 0.312 e. The Labute approximate surface area is 151 Å². The zero-order valence-corrected chi connectivity index (χ0v) is 14.8. The van der Waals surface area contributed by atoms with Gasteiger partial charge in [0.1, 0.15) is 11.4 Å². The molecule has 0 radical (unpaired) electrons. The fourth-order valence-corrected chi connectivity index (χ4v) is 3.42. The van der Waals surface area contributed by atoms with Gasteiger partial charge < -0.3 is 14.4 Å². The highest BCUT2D eigenvalue weighted by Gasteiger charge is 2.33. The number of carboxylic acids is 1. The number of ketones is 1. The fourth-order valence-electron chi connectivity index (χ4n) is 3.12. The van der Waals surface area contributed by atoms with Gasteiger partial charge in [-0.25, -0.2) is 0 Å². The van der Waals surface area contributed by atoms with Gasteiger partial charge in [0.15, 0.2) is 0 Å². The normalized spacial score (nSPS) is 15.8. The number of hydrogen-bond acceptors (Lipinski definition) is 3. The Morgan fingerprint density at radius 2 is 2.04 bits per heavy atom. The number of aliphatic carboxylic acids is 1. The van der Waals surface area contributed by atoms with Crippen molar-refractivity contribution in [1.82, 2.24) is 4.57 Å². The van der Waals surface area contributed by atoms with Crippen molar-refractivity contribution in [3.8, 4) is 5.75 Å². The van der Waals surface area contributed by atoms with Crippen molar-refractivity contribution in [2.75, 3.05) is 6.61 Å². The van der Waals surface area contributed by atoms with Gasteiger partial charge in [-0.1, -0.05) is 24.9 Å². The van der Waals surface area contributed by atoms with E-state index in [1.54, 1.807) is 34.9 Å². The maximum atomic E-state index is 12.8. The van der Waals surface area contributed by atoms with Gasteiger partial charge in [0.25, 0.3) is 0 Å². The molecule has 0 bridgehead atoms. The molecular weight excluding hydrogens is 342 g/mol. The topological polar surface area (TPSA) is 68.5 Å². The standard InChI is InChI=1S/C19H20ClNO4/c1-2-3-10-25-13-6-4-12(5-7-13)18(22)17-15(20)11-16-14(19(23)24)8-9-21(16)17/h4-7,11,14H,2-3,8-10H2,1H3,(H,23,24). The van der Waals surface area contributed by atoms with Gasteiger partial charge in [-0.05, 0) is 43.2 Å². The van der Waals surface area contributed by atoms with Crippen LogP contribution in [0.2, 0.25) is 5.02 Å². The van der Waals surface area contributed by atoms with Crippen molar-refractivity contribution in [2.24, 2.45) is 0 Å². The summed E-state index contributed by atoms with van der Waals surface area (Å²) in [6.07, 6.45) is 2.52. The molecule has 6 heteroatoms. The highest BCUT2D eigenvalue weighted by molar-refractivity contribution is 6.35. The molecule has 0 saturated carbocycles. The minimum atomic E-state index is -0.888. The molecule has 25 heavy (non-hydrogen) atoms. The van der Waals surface area contributed by atoms with Crippen LogP contribution in [0.4, 0.5) is 0 Å². The van der Waals surface area contributed by atoms with E-state index in [-0.39, 0.29) is 5.78 Å². The SMILES string of the molecule is CCCCOc1ccc(C(=O)c2c(Cl)cc3n2CCC3C(=O)O)cc1. The van der Waals surface area contributed by atoms with Crippen molar-refractivity contribution < 1.29 is 19.4 Å². The molecule has 2 heterocycles. The third kappa shape index (κ3) is 3.42. The second-order valence-electron chi connectivity index (χ2n) is 6.15. The summed E-state index contributed by atoms with van der Waals surface area (Å²) in [7, 11) is 0. The Kier molecular flexibility index (Phi) is 5.13. The van der Waals surface area contributed by atoms with Gasteiger partial charge in [-0.3, -0.25) is 9.59 Å². The third-order valence-electron chi connectivity index (χ3n) is 4.48. The lowest BCUT2D eigenvalue weighted by Crippen LogP contribution is -2.10. The molecule has 1 aromatic heterocycles. The largest absolute Gasteiger partial charge is 0.494 e. The summed E-state index contributed by atoms with van der Waals surface area (Å²) in [5.74, 6) is -0.973. The number of carboxylic acid groups (broad SMARTS) is 1. The molecule has 0 saturated heterocycles. The number of rotatable bonds is 7. The van der Waals surface area contributed by atoms with Crippen molar-refractivity contribution in [3.63, 3.8) is 0 Å². The van der Waals surface area contributed by atoms with Crippen LogP contribution >= 0.6 is 11.6 Å². The van der Waals surface area contributed by atoms with E-state index in [1.165, 1.54) is 0 Å². The molecule has 5 nitrogen and oxygen atoms in total. The molecule has 1 aromatic carbocycles. The molecule has 0 aliphatic carbocycles. The average molecular weight is 362 g/mol. The van der Waals surface area contributed by atoms with Gasteiger partial charge in [0.05, 0.1) is 17.5 Å². The maximum absolute atomic E-state index is 12.8. The Hall–Kier alpha value is -2.27. The van der Waals surface area contributed by atoms with E-state index in [1.807, 2.05) is 0 Å². The minimum Gasteiger partial charge on any atom is -0.494 e. The fraction of sp³-hybridized carbons (Fsp3) is 0.368. The number of halogens is 1. The van der Waals surface area contributed by atoms with Crippen LogP contribution in [-0.4, -0.2) is 28.0 Å². The van der Waals surface area contributed by atoms with E-state index in [9.17, 15) is 14.7 Å². The predicted octanol–water partition coefficient (Wildman–Crippen LogP) is 4.12. The molecule has 1 N–H and O–H groups in total. The van der Waals surface area contributed by atoms with Crippen LogP contribution in [-0.2, 0) is 11.3 Å². The lowest BCUT2D eigenvalue weighted by Gasteiger charge is -2.08. The summed E-state index contributed by atoms with van der Waals surface area (Å²) in [6, 6.07) is 8.56. The van der Waals surface area contributed by atoms with Gasteiger partial charge in [0.2, 0.25) is 5.78 Å². The van der Waals surface area contributed by atoms with Crippen LogP contribution in [0.5, 0.6) is 5.75 Å². The zero-order chi connectivity index (χ0) is 18.0. The number of hydrogen-bond donors (Lipinski definition) is 1. The monoisotopic (exact) mass is 361 g/mol. The highest BCUT2D eigenvalue weighted by Crippen LogP contribution is 2.36. The van der Waals surface area contributed by atoms with Crippen LogP contribution in [0.25, 0.3) is 0 Å². The third-order valence-corrected chi connectivity index (χ3v) is 4.77. The first-order chi connectivity index (χ1) is 12.0. The Balaban J connectivity index is 1.82. The lowest BCUT2D eigenvalue weighted by molar-refractivity contribution is -0.138. The second kappa shape index (κ2) is 7.31. The first-order valence-corrected chi connectivity index (χ1v) is 8.80. The van der Waals surface area contributed by atoms with Crippen molar-refractivity contribution in [3.05, 3.63) is 52.3 Å². The molecule has 0 spiro atoms. The Morgan fingerprint density at radius 1 is 1.32 bits per heavy atom. The van der Waals surface area contributed by atoms with E-state index < -0.39 is 11.9 Å². The van der Waals surface area contributed by atoms with E-state index in [0.29, 0.717) is 41.5 Å². The average Bonchev–Trinajstić information content (AvgIpc) is 3.12. The van der Waals surface area contributed by atoms with Crippen LogP contribution in [0.3, 0.4) is 0 Å². The van der Waals surface area contributed by atoms with Gasteiger partial charge in [-0.15, -0.1) is 0 Å². The van der Waals surface area contributed by atoms with Crippen molar-refractivity contribution in [2.45, 2.75) is 38.6 Å². The summed E-state index contributed by atoms with van der Waals surface area (Å²) in [4.78, 5) is 24.2. The quantitative estimate of drug-likeness (QED) is 0.595. The summed E-state index contributed by atoms with van der Waals surface area (Å²) >= 11 is 6.23. The summed E-state index contributed by atoms with van der Waals surface area (Å²) in [5.41, 5.74) is 1.46. The number of benzene rings is 1. The number of carbonyl (C=O) groups excluding carboxylic acids is 1. The molecule has 132 valence electrons. The molecule has 0 amide bonds. The smallest absolute Gasteiger partial charge is 0.312 e. The molecule has 1 atom stereocenters. The number of ether oxygens (including phenoxy) is 1. The predicted molar refractivity (Wildman–Crippen MR) is 94.7 cm³/mol. The van der Waals surface area contributed by atoms with E-state index in [0.717, 1.165) is 18.6 Å². The van der Waals surface area contributed by atoms with E-state index in [2.05, 4.69) is 6.92 Å². The molecule has 1 aliphatic rings. The van der Waals surface area contributed by atoms with Gasteiger partial charge in [0, 0.05) is 17.8 Å².